The molecule has 9 heteroatoms. The van der Waals surface area contributed by atoms with Crippen LogP contribution in [0.25, 0.3) is 0 Å². The van der Waals surface area contributed by atoms with Gasteiger partial charge in [0.05, 0.1) is 45.1 Å². The smallest absolute Gasteiger partial charge is 0.338 e. The predicted octanol–water partition coefficient (Wildman–Crippen LogP) is 3.37. The quantitative estimate of drug-likeness (QED) is 0.644. The Labute approximate surface area is 186 Å². The summed E-state index contributed by atoms with van der Waals surface area (Å²) >= 11 is 1.42. The lowest BCUT2D eigenvalue weighted by molar-refractivity contribution is -0.136. The van der Waals surface area contributed by atoms with E-state index in [0.29, 0.717) is 33.5 Å². The number of rotatable bonds is 7. The van der Waals surface area contributed by atoms with Crippen molar-refractivity contribution >= 4 is 28.8 Å². The van der Waals surface area contributed by atoms with E-state index in [1.807, 2.05) is 30.2 Å². The summed E-state index contributed by atoms with van der Waals surface area (Å²) < 4.78 is 16.1. The third kappa shape index (κ3) is 4.56. The van der Waals surface area contributed by atoms with E-state index in [-0.39, 0.29) is 18.4 Å². The summed E-state index contributed by atoms with van der Waals surface area (Å²) in [4.78, 5) is 31.9. The molecule has 0 aliphatic carbocycles. The van der Waals surface area contributed by atoms with Crippen molar-refractivity contribution in [2.75, 3.05) is 21.3 Å². The fraction of sp³-hybridized carbons (Fsp3) is 0.409. The summed E-state index contributed by atoms with van der Waals surface area (Å²) in [6.45, 7) is 5.60. The van der Waals surface area contributed by atoms with E-state index in [9.17, 15) is 9.59 Å². The van der Waals surface area contributed by atoms with Gasteiger partial charge in [0.25, 0.3) is 0 Å². The van der Waals surface area contributed by atoms with Gasteiger partial charge in [-0.2, -0.15) is 0 Å². The molecule has 2 heterocycles. The van der Waals surface area contributed by atoms with Crippen LogP contribution in [0.4, 0.5) is 0 Å². The average Bonchev–Trinajstić information content (AvgIpc) is 3.12. The van der Waals surface area contributed by atoms with Gasteiger partial charge in [0.2, 0.25) is 5.91 Å². The fourth-order valence-electron chi connectivity index (χ4n) is 3.63. The van der Waals surface area contributed by atoms with Crippen molar-refractivity contribution in [3.63, 3.8) is 0 Å². The van der Waals surface area contributed by atoms with Gasteiger partial charge in [-0.3, -0.25) is 4.79 Å². The molecule has 166 valence electrons. The highest BCUT2D eigenvalue weighted by atomic mass is 32.2. The monoisotopic (exact) mass is 445 g/mol. The van der Waals surface area contributed by atoms with Gasteiger partial charge in [-0.15, -0.1) is 0 Å². The summed E-state index contributed by atoms with van der Waals surface area (Å²) in [6.07, 6.45) is 0.153. The normalized spacial score (nSPS) is 17.8. The zero-order chi connectivity index (χ0) is 22.7. The van der Waals surface area contributed by atoms with Gasteiger partial charge in [0.15, 0.2) is 5.17 Å². The van der Waals surface area contributed by atoms with E-state index < -0.39 is 12.0 Å². The molecular weight excluding hydrogens is 418 g/mol. The van der Waals surface area contributed by atoms with Crippen molar-refractivity contribution in [3.8, 4) is 11.5 Å². The number of benzene rings is 1. The Hall–Kier alpha value is -2.94. The minimum atomic E-state index is -0.585. The molecule has 0 saturated carbocycles. The third-order valence-corrected chi connectivity index (χ3v) is 5.82. The van der Waals surface area contributed by atoms with Gasteiger partial charge in [-0.05, 0) is 44.4 Å². The molecule has 2 aliphatic rings. The van der Waals surface area contributed by atoms with Crippen LogP contribution in [0.15, 0.2) is 45.6 Å². The molecular formula is C22H27N3O5S. The van der Waals surface area contributed by atoms with Gasteiger partial charge in [0, 0.05) is 17.3 Å². The maximum atomic E-state index is 12.8. The Morgan fingerprint density at radius 3 is 2.58 bits per heavy atom. The molecule has 0 bridgehead atoms. The Bertz CT molecular complexity index is 983. The number of esters is 1. The number of nitrogens with zero attached hydrogens (tertiary/aromatic N) is 2. The molecule has 1 aromatic rings. The summed E-state index contributed by atoms with van der Waals surface area (Å²) in [5, 5.41) is 5.49. The zero-order valence-electron chi connectivity index (χ0n) is 18.5. The number of ether oxygens (including phenoxy) is 3. The number of fused-ring (bicyclic) bond motifs is 1. The molecule has 0 unspecified atom stereocenters. The van der Waals surface area contributed by atoms with Crippen LogP contribution < -0.4 is 14.8 Å². The number of methoxy groups -OCH3 is 3. The van der Waals surface area contributed by atoms with E-state index in [1.54, 1.807) is 33.3 Å². The van der Waals surface area contributed by atoms with Gasteiger partial charge >= 0.3 is 5.97 Å². The van der Waals surface area contributed by atoms with E-state index in [1.165, 1.54) is 18.9 Å². The first-order valence-electron chi connectivity index (χ1n) is 9.84. The number of thioether (sulfide) groups is 1. The molecule has 8 nitrogen and oxygen atoms in total. The molecule has 0 saturated heterocycles. The number of amides is 1. The Morgan fingerprint density at radius 2 is 1.97 bits per heavy atom. The maximum absolute atomic E-state index is 12.8. The number of hydrogen-bond acceptors (Lipinski definition) is 8. The van der Waals surface area contributed by atoms with E-state index in [4.69, 9.17) is 14.2 Å². The first-order valence-corrected chi connectivity index (χ1v) is 10.7. The standard InChI is InChI=1S/C22H27N3O5S/c1-12(2)23-18(26)9-14-11-31-22-24-13(3)19(21(27)30-6)20(25(14)22)16-10-15(28-4)7-8-17(16)29-5/h7-8,10-12,20H,9H2,1-6H3,(H,23,26)/t20-/m0/s1. The number of carbonyl (C=O) groups excluding carboxylic acids is 2. The number of nitrogens with one attached hydrogen (secondary N) is 1. The van der Waals surface area contributed by atoms with Gasteiger partial charge in [-0.25, -0.2) is 9.79 Å². The average molecular weight is 446 g/mol. The molecule has 3 rings (SSSR count). The van der Waals surface area contributed by atoms with Crippen LogP contribution in [0, 0.1) is 0 Å². The number of hydrogen-bond donors (Lipinski definition) is 1. The summed E-state index contributed by atoms with van der Waals surface area (Å²) in [7, 11) is 4.49. The maximum Gasteiger partial charge on any atom is 0.338 e. The Morgan fingerprint density at radius 1 is 1.23 bits per heavy atom. The van der Waals surface area contributed by atoms with Crippen molar-refractivity contribution in [1.29, 1.82) is 0 Å². The Balaban J connectivity index is 2.13. The first-order chi connectivity index (χ1) is 14.8. The van der Waals surface area contributed by atoms with Crippen LogP contribution in [-0.4, -0.2) is 49.3 Å². The molecule has 1 N–H and O–H groups in total. The molecule has 1 aromatic carbocycles. The van der Waals surface area contributed by atoms with Crippen LogP contribution in [0.3, 0.4) is 0 Å². The first kappa shape index (κ1) is 22.7. The highest BCUT2D eigenvalue weighted by Gasteiger charge is 2.42. The SMILES string of the molecule is COC(=O)C1=C(C)N=C2SC=C(CC(=O)NC(C)C)N2[C@H]1c1cc(OC)ccc1OC. The van der Waals surface area contributed by atoms with E-state index >= 15 is 0 Å². The topological polar surface area (TPSA) is 89.5 Å². The van der Waals surface area contributed by atoms with Crippen molar-refractivity contribution in [3.05, 3.63) is 46.1 Å². The van der Waals surface area contributed by atoms with Crippen molar-refractivity contribution < 1.29 is 23.8 Å². The minimum Gasteiger partial charge on any atom is -0.497 e. The highest BCUT2D eigenvalue weighted by Crippen LogP contribution is 2.47. The molecule has 2 aliphatic heterocycles. The second-order valence-electron chi connectivity index (χ2n) is 7.39. The molecule has 0 aromatic heterocycles. The summed E-state index contributed by atoms with van der Waals surface area (Å²) in [5.74, 6) is 0.615. The fourth-order valence-corrected chi connectivity index (χ4v) is 4.59. The molecule has 1 atom stereocenters. The zero-order valence-corrected chi connectivity index (χ0v) is 19.3. The van der Waals surface area contributed by atoms with Crippen LogP contribution >= 0.6 is 11.8 Å². The van der Waals surface area contributed by atoms with Crippen LogP contribution in [0.1, 0.15) is 38.8 Å². The van der Waals surface area contributed by atoms with Crippen LogP contribution in [0.2, 0.25) is 0 Å². The van der Waals surface area contributed by atoms with E-state index in [0.717, 1.165) is 5.70 Å². The van der Waals surface area contributed by atoms with Gasteiger partial charge < -0.3 is 24.4 Å². The van der Waals surface area contributed by atoms with Crippen molar-refractivity contribution in [2.45, 2.75) is 39.3 Å². The lowest BCUT2D eigenvalue weighted by Crippen LogP contribution is -2.38. The molecule has 31 heavy (non-hydrogen) atoms. The molecule has 0 fully saturated rings. The van der Waals surface area contributed by atoms with Crippen molar-refractivity contribution in [1.82, 2.24) is 10.2 Å². The molecule has 1 amide bonds. The number of allylic oxidation sites excluding steroid dienone is 1. The highest BCUT2D eigenvalue weighted by molar-refractivity contribution is 8.16. The van der Waals surface area contributed by atoms with Crippen molar-refractivity contribution in [2.24, 2.45) is 4.99 Å². The van der Waals surface area contributed by atoms with Gasteiger partial charge in [-0.1, -0.05) is 11.8 Å². The Kier molecular flexibility index (Phi) is 6.94. The number of aliphatic imine (C=N–C) groups is 1. The lowest BCUT2D eigenvalue weighted by atomic mass is 9.93. The lowest BCUT2D eigenvalue weighted by Gasteiger charge is -2.36. The molecule has 0 radical (unpaired) electrons. The predicted molar refractivity (Wildman–Crippen MR) is 120 cm³/mol. The van der Waals surface area contributed by atoms with Gasteiger partial charge in [0.1, 0.15) is 11.5 Å². The van der Waals surface area contributed by atoms with E-state index in [2.05, 4.69) is 10.3 Å². The summed E-state index contributed by atoms with van der Waals surface area (Å²) in [5.41, 5.74) is 2.40. The molecule has 0 spiro atoms. The minimum absolute atomic E-state index is 0.0266. The van der Waals surface area contributed by atoms with Crippen LogP contribution in [-0.2, 0) is 14.3 Å². The summed E-state index contributed by atoms with van der Waals surface area (Å²) in [6, 6.07) is 4.86. The largest absolute Gasteiger partial charge is 0.497 e. The number of amidine groups is 1. The third-order valence-electron chi connectivity index (χ3n) is 4.93. The second-order valence-corrected chi connectivity index (χ2v) is 8.23. The van der Waals surface area contributed by atoms with Crippen LogP contribution in [0.5, 0.6) is 11.5 Å². The number of carbonyl (C=O) groups is 2. The second kappa shape index (κ2) is 9.47.